The van der Waals surface area contributed by atoms with Crippen molar-refractivity contribution in [1.82, 2.24) is 0 Å². The lowest BCUT2D eigenvalue weighted by molar-refractivity contribution is 0.0377. The number of carbonyl (C=O) groups excluding carboxylic acids is 1. The van der Waals surface area contributed by atoms with E-state index >= 15 is 0 Å². The monoisotopic (exact) mass is 356 g/mol. The predicted octanol–water partition coefficient (Wildman–Crippen LogP) is 4.94. The Kier molecular flexibility index (Phi) is 6.71. The van der Waals surface area contributed by atoms with Crippen LogP contribution in [0.1, 0.15) is 54.7 Å². The second kappa shape index (κ2) is 8.77. The molecule has 0 amide bonds. The van der Waals surface area contributed by atoms with Crippen LogP contribution in [0.2, 0.25) is 0 Å². The Bertz CT molecular complexity index is 736. The van der Waals surface area contributed by atoms with Crippen LogP contribution in [0.4, 0.5) is 0 Å². The first-order valence-electron chi connectivity index (χ1n) is 8.45. The van der Waals surface area contributed by atoms with Crippen LogP contribution in [0.25, 0.3) is 0 Å². The van der Waals surface area contributed by atoms with Gasteiger partial charge in [0, 0.05) is 5.56 Å². The number of ether oxygens (including phenoxy) is 2. The molecule has 132 valence electrons. The summed E-state index contributed by atoms with van der Waals surface area (Å²) in [4.78, 5) is 12.2. The molecule has 0 N–H and O–H groups in total. The van der Waals surface area contributed by atoms with E-state index in [9.17, 15) is 4.79 Å². The average molecular weight is 356 g/mol. The van der Waals surface area contributed by atoms with Gasteiger partial charge in [-0.3, -0.25) is 0 Å². The molecule has 3 nitrogen and oxygen atoms in total. The van der Waals surface area contributed by atoms with E-state index in [2.05, 4.69) is 12.1 Å². The fraction of sp³-hybridized carbons (Fsp3) is 0.333. The molecule has 0 fully saturated rings. The van der Waals surface area contributed by atoms with Gasteiger partial charge < -0.3 is 9.47 Å². The summed E-state index contributed by atoms with van der Waals surface area (Å²) in [6.45, 7) is 7.56. The third-order valence-electron chi connectivity index (χ3n) is 3.48. The molecule has 0 bridgehead atoms. The summed E-state index contributed by atoms with van der Waals surface area (Å²) in [6, 6.07) is 15.5. The van der Waals surface area contributed by atoms with Gasteiger partial charge in [0.05, 0.1) is 17.8 Å². The summed E-state index contributed by atoms with van der Waals surface area (Å²) in [5, 5.41) is 0.449. The molecule has 2 aromatic carbocycles. The zero-order valence-electron chi connectivity index (χ0n) is 15.1. The van der Waals surface area contributed by atoms with Gasteiger partial charge in [-0.2, -0.15) is 0 Å². The molecule has 0 aromatic heterocycles. The molecule has 0 aliphatic carbocycles. The molecule has 0 unspecified atom stereocenters. The SMILES string of the molecule is CC(C)OC(=O)c1ccc(C(=S)OC(C)C)c(Cc2ccccc2)c1. The van der Waals surface area contributed by atoms with Crippen LogP contribution < -0.4 is 0 Å². The van der Waals surface area contributed by atoms with E-state index in [4.69, 9.17) is 21.7 Å². The summed E-state index contributed by atoms with van der Waals surface area (Å²) in [5.74, 6) is -0.327. The van der Waals surface area contributed by atoms with Crippen molar-refractivity contribution in [3.63, 3.8) is 0 Å². The minimum absolute atomic E-state index is 0.00246. The van der Waals surface area contributed by atoms with Gasteiger partial charge in [-0.1, -0.05) is 30.3 Å². The summed E-state index contributed by atoms with van der Waals surface area (Å²) >= 11 is 5.44. The highest BCUT2D eigenvalue weighted by atomic mass is 32.1. The summed E-state index contributed by atoms with van der Waals surface area (Å²) in [5.41, 5.74) is 3.46. The third-order valence-corrected chi connectivity index (χ3v) is 3.80. The average Bonchev–Trinajstić information content (AvgIpc) is 2.54. The molecule has 0 saturated carbocycles. The van der Waals surface area contributed by atoms with E-state index in [-0.39, 0.29) is 18.2 Å². The first-order valence-corrected chi connectivity index (χ1v) is 8.86. The van der Waals surface area contributed by atoms with Gasteiger partial charge >= 0.3 is 5.97 Å². The summed E-state index contributed by atoms with van der Waals surface area (Å²) in [7, 11) is 0. The van der Waals surface area contributed by atoms with Gasteiger partial charge in [0.1, 0.15) is 0 Å². The molecular weight excluding hydrogens is 332 g/mol. The maximum absolute atomic E-state index is 12.2. The molecule has 2 rings (SSSR count). The molecule has 0 radical (unpaired) electrons. The Morgan fingerprint density at radius 1 is 0.960 bits per heavy atom. The van der Waals surface area contributed by atoms with E-state index in [1.54, 1.807) is 6.07 Å². The van der Waals surface area contributed by atoms with E-state index in [0.717, 1.165) is 16.7 Å². The molecule has 25 heavy (non-hydrogen) atoms. The number of carbonyl (C=O) groups is 1. The number of benzene rings is 2. The quantitative estimate of drug-likeness (QED) is 0.542. The Balaban J connectivity index is 2.38. The van der Waals surface area contributed by atoms with Crippen molar-refractivity contribution >= 4 is 23.2 Å². The van der Waals surface area contributed by atoms with E-state index in [1.165, 1.54) is 0 Å². The number of hydrogen-bond donors (Lipinski definition) is 0. The second-order valence-electron chi connectivity index (χ2n) is 6.44. The molecule has 0 spiro atoms. The second-order valence-corrected chi connectivity index (χ2v) is 6.81. The molecule has 0 aliphatic heterocycles. The first-order chi connectivity index (χ1) is 11.9. The van der Waals surface area contributed by atoms with Crippen LogP contribution in [0.5, 0.6) is 0 Å². The van der Waals surface area contributed by atoms with Crippen LogP contribution in [-0.4, -0.2) is 23.2 Å². The highest BCUT2D eigenvalue weighted by molar-refractivity contribution is 7.80. The van der Waals surface area contributed by atoms with Crippen molar-refractivity contribution < 1.29 is 14.3 Å². The fourth-order valence-electron chi connectivity index (χ4n) is 2.44. The van der Waals surface area contributed by atoms with E-state index in [1.807, 2.05) is 58.0 Å². The smallest absolute Gasteiger partial charge is 0.338 e. The standard InChI is InChI=1S/C21H24O3S/c1-14(2)23-20(22)17-10-11-19(21(25)24-15(3)4)18(13-17)12-16-8-6-5-7-9-16/h5-11,13-15H,12H2,1-4H3. The lowest BCUT2D eigenvalue weighted by Crippen LogP contribution is -2.15. The molecule has 0 atom stereocenters. The Hall–Kier alpha value is -2.20. The topological polar surface area (TPSA) is 35.5 Å². The first kappa shape index (κ1) is 19.1. The maximum Gasteiger partial charge on any atom is 0.338 e. The normalized spacial score (nSPS) is 10.8. The zero-order chi connectivity index (χ0) is 18.4. The molecule has 0 heterocycles. The number of rotatable bonds is 6. The zero-order valence-corrected chi connectivity index (χ0v) is 15.9. The highest BCUT2D eigenvalue weighted by Crippen LogP contribution is 2.20. The fourth-order valence-corrected chi connectivity index (χ4v) is 2.83. The van der Waals surface area contributed by atoms with Crippen molar-refractivity contribution in [2.75, 3.05) is 0 Å². The number of hydrogen-bond acceptors (Lipinski definition) is 4. The highest BCUT2D eigenvalue weighted by Gasteiger charge is 2.16. The minimum Gasteiger partial charge on any atom is -0.480 e. The van der Waals surface area contributed by atoms with Crippen molar-refractivity contribution in [2.45, 2.75) is 46.3 Å². The van der Waals surface area contributed by atoms with Gasteiger partial charge in [0.25, 0.3) is 0 Å². The number of thiocarbonyl (C=S) groups is 1. The van der Waals surface area contributed by atoms with Crippen LogP contribution in [-0.2, 0) is 15.9 Å². The summed E-state index contributed by atoms with van der Waals surface area (Å²) in [6.07, 6.45) is 0.512. The van der Waals surface area contributed by atoms with E-state index in [0.29, 0.717) is 17.0 Å². The Morgan fingerprint density at radius 2 is 1.60 bits per heavy atom. The number of esters is 1. The summed E-state index contributed by atoms with van der Waals surface area (Å²) < 4.78 is 11.0. The lowest BCUT2D eigenvalue weighted by Gasteiger charge is -2.16. The molecular formula is C21H24O3S. The van der Waals surface area contributed by atoms with Crippen LogP contribution in [0, 0.1) is 0 Å². The lowest BCUT2D eigenvalue weighted by atomic mass is 9.97. The minimum atomic E-state index is -0.327. The van der Waals surface area contributed by atoms with Gasteiger partial charge in [-0.25, -0.2) is 4.79 Å². The molecule has 2 aromatic rings. The van der Waals surface area contributed by atoms with Crippen LogP contribution in [0.3, 0.4) is 0 Å². The molecule has 0 aliphatic rings. The largest absolute Gasteiger partial charge is 0.480 e. The Morgan fingerprint density at radius 3 is 2.20 bits per heavy atom. The van der Waals surface area contributed by atoms with Gasteiger partial charge in [-0.15, -0.1) is 0 Å². The van der Waals surface area contributed by atoms with Crippen LogP contribution >= 0.6 is 12.2 Å². The van der Waals surface area contributed by atoms with E-state index < -0.39 is 0 Å². The maximum atomic E-state index is 12.2. The van der Waals surface area contributed by atoms with Crippen molar-refractivity contribution in [3.8, 4) is 0 Å². The van der Waals surface area contributed by atoms with Crippen LogP contribution in [0.15, 0.2) is 48.5 Å². The van der Waals surface area contributed by atoms with Crippen molar-refractivity contribution in [1.29, 1.82) is 0 Å². The van der Waals surface area contributed by atoms with Gasteiger partial charge in [0.2, 0.25) is 0 Å². The predicted molar refractivity (Wildman–Crippen MR) is 104 cm³/mol. The van der Waals surface area contributed by atoms with Gasteiger partial charge in [0.15, 0.2) is 5.05 Å². The molecule has 4 heteroatoms. The Labute approximate surface area is 155 Å². The van der Waals surface area contributed by atoms with Gasteiger partial charge in [-0.05, 0) is 75.7 Å². The van der Waals surface area contributed by atoms with Crippen molar-refractivity contribution in [2.24, 2.45) is 0 Å². The molecule has 0 saturated heterocycles. The van der Waals surface area contributed by atoms with Crippen molar-refractivity contribution in [3.05, 3.63) is 70.8 Å². The third kappa shape index (κ3) is 5.68.